The number of aromatic nitrogens is 1. The van der Waals surface area contributed by atoms with E-state index in [9.17, 15) is 0 Å². The number of thiazole rings is 1. The minimum Gasteiger partial charge on any atom is -0.379 e. The Morgan fingerprint density at radius 2 is 2.41 bits per heavy atom. The number of hydrogen-bond acceptors (Lipinski definition) is 5. The molecule has 2 rings (SSSR count). The summed E-state index contributed by atoms with van der Waals surface area (Å²) < 4.78 is 11.0. The Hall–Kier alpha value is -0.450. The molecule has 0 amide bonds. The predicted molar refractivity (Wildman–Crippen MR) is 100 cm³/mol. The molecule has 1 aromatic heterocycles. The van der Waals surface area contributed by atoms with Crippen molar-refractivity contribution >= 4 is 41.3 Å². The van der Waals surface area contributed by atoms with Crippen molar-refractivity contribution in [1.29, 1.82) is 0 Å². The van der Waals surface area contributed by atoms with E-state index in [0.29, 0.717) is 0 Å². The molecular weight excluding hydrogens is 415 g/mol. The maximum absolute atomic E-state index is 5.72. The first-order chi connectivity index (χ1) is 10.3. The van der Waals surface area contributed by atoms with Crippen LogP contribution in [-0.2, 0) is 16.0 Å². The number of nitrogens with zero attached hydrogens (tertiary/aromatic N) is 2. The molecule has 0 saturated carbocycles. The number of hydrogen-bond donors (Lipinski definition) is 2. The molecule has 126 valence electrons. The molecule has 22 heavy (non-hydrogen) atoms. The van der Waals surface area contributed by atoms with E-state index in [-0.39, 0.29) is 30.1 Å². The molecule has 0 spiro atoms. The van der Waals surface area contributed by atoms with Crippen molar-refractivity contribution in [1.82, 2.24) is 15.6 Å². The van der Waals surface area contributed by atoms with Crippen LogP contribution in [0.2, 0.25) is 0 Å². The van der Waals surface area contributed by atoms with Gasteiger partial charge >= 0.3 is 0 Å². The lowest BCUT2D eigenvalue weighted by molar-refractivity contribution is 0.0420. The minimum absolute atomic E-state index is 0. The fourth-order valence-electron chi connectivity index (χ4n) is 2.05. The predicted octanol–water partition coefficient (Wildman–Crippen LogP) is 1.93. The Kier molecular flexibility index (Phi) is 9.92. The van der Waals surface area contributed by atoms with Crippen LogP contribution in [0.1, 0.15) is 23.4 Å². The van der Waals surface area contributed by atoms with Gasteiger partial charge in [0.05, 0.1) is 30.5 Å². The van der Waals surface area contributed by atoms with E-state index in [1.54, 1.807) is 18.4 Å². The molecule has 6 nitrogen and oxygen atoms in total. The van der Waals surface area contributed by atoms with E-state index >= 15 is 0 Å². The second-order valence-electron chi connectivity index (χ2n) is 4.92. The van der Waals surface area contributed by atoms with Gasteiger partial charge in [-0.2, -0.15) is 0 Å². The normalized spacial score (nSPS) is 18.1. The lowest BCUT2D eigenvalue weighted by atomic mass is 10.3. The van der Waals surface area contributed by atoms with E-state index in [0.717, 1.165) is 57.4 Å². The maximum atomic E-state index is 5.72. The highest BCUT2D eigenvalue weighted by atomic mass is 127. The number of rotatable bonds is 7. The molecule has 0 bridgehead atoms. The molecule has 8 heteroatoms. The van der Waals surface area contributed by atoms with Crippen molar-refractivity contribution < 1.29 is 9.47 Å². The molecule has 1 atom stereocenters. The van der Waals surface area contributed by atoms with Gasteiger partial charge in [0, 0.05) is 31.7 Å². The molecule has 2 heterocycles. The Balaban J connectivity index is 0.00000242. The zero-order valence-electron chi connectivity index (χ0n) is 13.1. The number of nitrogens with one attached hydrogen (secondary N) is 2. The molecule has 1 aliphatic heterocycles. The zero-order chi connectivity index (χ0) is 14.9. The van der Waals surface area contributed by atoms with Gasteiger partial charge in [-0.25, -0.2) is 4.98 Å². The lowest BCUT2D eigenvalue weighted by Gasteiger charge is -2.13. The number of halogens is 1. The topological polar surface area (TPSA) is 67.8 Å². The fourth-order valence-corrected chi connectivity index (χ4v) is 2.77. The second kappa shape index (κ2) is 11.1. The summed E-state index contributed by atoms with van der Waals surface area (Å²) in [4.78, 5) is 9.68. The average Bonchev–Trinajstić information content (AvgIpc) is 3.14. The van der Waals surface area contributed by atoms with Gasteiger partial charge in [-0.3, -0.25) is 4.99 Å². The molecule has 2 N–H and O–H groups in total. The highest BCUT2D eigenvalue weighted by Gasteiger charge is 2.15. The van der Waals surface area contributed by atoms with Crippen molar-refractivity contribution in [2.24, 2.45) is 4.99 Å². The van der Waals surface area contributed by atoms with Gasteiger partial charge in [-0.15, -0.1) is 35.3 Å². The van der Waals surface area contributed by atoms with Crippen LogP contribution >= 0.6 is 35.3 Å². The fraction of sp³-hybridized carbons (Fsp3) is 0.714. The second-order valence-corrected chi connectivity index (χ2v) is 5.86. The van der Waals surface area contributed by atoms with Gasteiger partial charge in [0.25, 0.3) is 0 Å². The zero-order valence-corrected chi connectivity index (χ0v) is 16.3. The SMILES string of the molecule is CN=C(NCCCOC1CCOC1)NCc1scnc1C.I. The van der Waals surface area contributed by atoms with Crippen LogP contribution in [0.5, 0.6) is 0 Å². The molecule has 0 aromatic carbocycles. The monoisotopic (exact) mass is 440 g/mol. The molecule has 1 unspecified atom stereocenters. The molecule has 0 radical (unpaired) electrons. The van der Waals surface area contributed by atoms with Crippen LogP contribution in [0.3, 0.4) is 0 Å². The first-order valence-corrected chi connectivity index (χ1v) is 8.20. The Bertz CT molecular complexity index is 450. The molecule has 1 aliphatic rings. The van der Waals surface area contributed by atoms with E-state index < -0.39 is 0 Å². The summed E-state index contributed by atoms with van der Waals surface area (Å²) in [5.41, 5.74) is 2.95. The number of guanidine groups is 1. The van der Waals surface area contributed by atoms with E-state index in [1.165, 1.54) is 4.88 Å². The standard InChI is InChI=1S/C14H24N4O2S.HI/c1-11-13(21-10-18-11)8-17-14(15-2)16-5-3-6-20-12-4-7-19-9-12;/h10,12H,3-9H2,1-2H3,(H2,15,16,17);1H. The highest BCUT2D eigenvalue weighted by Crippen LogP contribution is 2.11. The number of ether oxygens (including phenoxy) is 2. The first-order valence-electron chi connectivity index (χ1n) is 7.32. The summed E-state index contributed by atoms with van der Waals surface area (Å²) in [7, 11) is 1.78. The van der Waals surface area contributed by atoms with Crippen LogP contribution in [-0.4, -0.2) is 50.5 Å². The third kappa shape index (κ3) is 6.76. The number of aliphatic imine (C=N–C) groups is 1. The van der Waals surface area contributed by atoms with Gasteiger partial charge in [0.2, 0.25) is 0 Å². The molecule has 0 aliphatic carbocycles. The highest BCUT2D eigenvalue weighted by molar-refractivity contribution is 14.0. The summed E-state index contributed by atoms with van der Waals surface area (Å²) >= 11 is 1.66. The van der Waals surface area contributed by atoms with Crippen molar-refractivity contribution in [2.75, 3.05) is 33.4 Å². The van der Waals surface area contributed by atoms with Crippen LogP contribution in [0, 0.1) is 6.92 Å². The summed E-state index contributed by atoms with van der Waals surface area (Å²) in [6, 6.07) is 0. The van der Waals surface area contributed by atoms with Crippen LogP contribution in [0.25, 0.3) is 0 Å². The summed E-state index contributed by atoms with van der Waals surface area (Å²) in [6.07, 6.45) is 2.26. The third-order valence-corrected chi connectivity index (χ3v) is 4.27. The molecule has 1 saturated heterocycles. The average molecular weight is 440 g/mol. The largest absolute Gasteiger partial charge is 0.379 e. The summed E-state index contributed by atoms with van der Waals surface area (Å²) in [5, 5.41) is 6.58. The van der Waals surface area contributed by atoms with Crippen LogP contribution < -0.4 is 10.6 Å². The van der Waals surface area contributed by atoms with Gasteiger partial charge in [-0.05, 0) is 19.8 Å². The third-order valence-electron chi connectivity index (χ3n) is 3.34. The van der Waals surface area contributed by atoms with E-state index in [2.05, 4.69) is 20.6 Å². The minimum atomic E-state index is 0. The Morgan fingerprint density at radius 3 is 3.05 bits per heavy atom. The first kappa shape index (κ1) is 19.6. The van der Waals surface area contributed by atoms with E-state index in [4.69, 9.17) is 9.47 Å². The van der Waals surface area contributed by atoms with Gasteiger partial charge in [-0.1, -0.05) is 0 Å². The summed E-state index contributed by atoms with van der Waals surface area (Å²) in [5.74, 6) is 0.812. The van der Waals surface area contributed by atoms with Gasteiger partial charge < -0.3 is 20.1 Å². The molecule has 1 aromatic rings. The van der Waals surface area contributed by atoms with Crippen molar-refractivity contribution in [2.45, 2.75) is 32.4 Å². The Labute approximate surface area is 153 Å². The Morgan fingerprint density at radius 1 is 1.55 bits per heavy atom. The van der Waals surface area contributed by atoms with Crippen LogP contribution in [0.15, 0.2) is 10.5 Å². The van der Waals surface area contributed by atoms with Crippen molar-refractivity contribution in [3.8, 4) is 0 Å². The maximum Gasteiger partial charge on any atom is 0.191 e. The number of aryl methyl sites for hydroxylation is 1. The van der Waals surface area contributed by atoms with Crippen molar-refractivity contribution in [3.63, 3.8) is 0 Å². The lowest BCUT2D eigenvalue weighted by Crippen LogP contribution is -2.37. The molecule has 1 fully saturated rings. The van der Waals surface area contributed by atoms with Crippen LogP contribution in [0.4, 0.5) is 0 Å². The van der Waals surface area contributed by atoms with Gasteiger partial charge in [0.15, 0.2) is 5.96 Å². The smallest absolute Gasteiger partial charge is 0.191 e. The summed E-state index contributed by atoms with van der Waals surface area (Å²) in [6.45, 7) is 5.95. The van der Waals surface area contributed by atoms with Crippen molar-refractivity contribution in [3.05, 3.63) is 16.1 Å². The van der Waals surface area contributed by atoms with E-state index in [1.807, 2.05) is 12.4 Å². The molecular formula is C14H25IN4O2S. The van der Waals surface area contributed by atoms with Gasteiger partial charge in [0.1, 0.15) is 0 Å². The quantitative estimate of drug-likeness (QED) is 0.294.